The van der Waals surface area contributed by atoms with E-state index in [1.807, 2.05) is 30.3 Å². The summed E-state index contributed by atoms with van der Waals surface area (Å²) in [6, 6.07) is 11.5. The van der Waals surface area contributed by atoms with E-state index in [1.165, 1.54) is 0 Å². The number of nitriles is 1. The molecule has 0 radical (unpaired) electrons. The summed E-state index contributed by atoms with van der Waals surface area (Å²) in [5, 5.41) is 8.65. The lowest BCUT2D eigenvalue weighted by Crippen LogP contribution is -2.42. The van der Waals surface area contributed by atoms with Crippen molar-refractivity contribution in [3.05, 3.63) is 30.3 Å². The van der Waals surface area contributed by atoms with E-state index in [4.69, 9.17) is 5.26 Å². The van der Waals surface area contributed by atoms with E-state index in [0.29, 0.717) is 13.0 Å². The molecule has 0 aromatic heterocycles. The zero-order chi connectivity index (χ0) is 12.9. The predicted octanol–water partition coefficient (Wildman–Crippen LogP) is 3.11. The highest BCUT2D eigenvalue weighted by molar-refractivity contribution is 9.10. The van der Waals surface area contributed by atoms with Crippen LogP contribution in [0.4, 0.5) is 5.69 Å². The number of carbonyl (C=O) groups excluding carboxylic acids is 1. The molecule has 0 N–H and O–H groups in total. The molecular weight excluding hydrogens is 280 g/mol. The highest BCUT2D eigenvalue weighted by Crippen LogP contribution is 2.24. The molecule has 0 heterocycles. The van der Waals surface area contributed by atoms with Crippen LogP contribution in [0.15, 0.2) is 30.3 Å². The predicted molar refractivity (Wildman–Crippen MR) is 72.0 cm³/mol. The van der Waals surface area contributed by atoms with Crippen molar-refractivity contribution in [3.63, 3.8) is 0 Å². The number of halogens is 1. The van der Waals surface area contributed by atoms with Crippen molar-refractivity contribution in [1.29, 1.82) is 5.26 Å². The molecule has 0 aliphatic carbocycles. The van der Waals surface area contributed by atoms with Crippen molar-refractivity contribution < 1.29 is 4.79 Å². The number of carbonyl (C=O) groups is 1. The van der Waals surface area contributed by atoms with Crippen LogP contribution in [0.3, 0.4) is 0 Å². The van der Waals surface area contributed by atoms with Crippen molar-refractivity contribution in [2.45, 2.75) is 24.6 Å². The molecule has 17 heavy (non-hydrogen) atoms. The molecule has 1 aromatic rings. The molecule has 0 atom stereocenters. The summed E-state index contributed by atoms with van der Waals surface area (Å²) in [6.45, 7) is 4.02. The normalized spacial score (nSPS) is 10.7. The second-order valence-corrected chi connectivity index (χ2v) is 6.16. The van der Waals surface area contributed by atoms with Gasteiger partial charge in [-0.25, -0.2) is 0 Å². The van der Waals surface area contributed by atoms with Gasteiger partial charge in [0.2, 0.25) is 5.91 Å². The van der Waals surface area contributed by atoms with Crippen molar-refractivity contribution >= 4 is 27.5 Å². The van der Waals surface area contributed by atoms with E-state index in [0.717, 1.165) is 5.69 Å². The van der Waals surface area contributed by atoms with Gasteiger partial charge in [0.15, 0.2) is 0 Å². The van der Waals surface area contributed by atoms with Gasteiger partial charge in [0.1, 0.15) is 0 Å². The molecule has 90 valence electrons. The van der Waals surface area contributed by atoms with Gasteiger partial charge in [0.05, 0.1) is 16.8 Å². The van der Waals surface area contributed by atoms with Gasteiger partial charge < -0.3 is 4.90 Å². The fourth-order valence-corrected chi connectivity index (χ4v) is 1.65. The molecule has 3 nitrogen and oxygen atoms in total. The standard InChI is InChI=1S/C13H15BrN2O/c1-13(2,14)12(17)16(10-6-9-15)11-7-4-3-5-8-11/h3-5,7-8H,6,10H2,1-2H3. The van der Waals surface area contributed by atoms with Gasteiger partial charge in [-0.15, -0.1) is 0 Å². The highest BCUT2D eigenvalue weighted by atomic mass is 79.9. The number of para-hydroxylation sites is 1. The number of benzene rings is 1. The molecule has 1 aromatic carbocycles. The van der Waals surface area contributed by atoms with Crippen LogP contribution in [0.2, 0.25) is 0 Å². The monoisotopic (exact) mass is 294 g/mol. The van der Waals surface area contributed by atoms with Crippen LogP contribution in [-0.2, 0) is 4.79 Å². The largest absolute Gasteiger partial charge is 0.310 e. The Morgan fingerprint density at radius 3 is 2.47 bits per heavy atom. The molecule has 0 saturated carbocycles. The van der Waals surface area contributed by atoms with E-state index in [-0.39, 0.29) is 5.91 Å². The third kappa shape index (κ3) is 3.86. The Morgan fingerprint density at radius 1 is 1.41 bits per heavy atom. The Morgan fingerprint density at radius 2 is 2.00 bits per heavy atom. The summed E-state index contributed by atoms with van der Waals surface area (Å²) in [7, 11) is 0. The SMILES string of the molecule is CC(C)(Br)C(=O)N(CCC#N)c1ccccc1. The zero-order valence-electron chi connectivity index (χ0n) is 9.98. The van der Waals surface area contributed by atoms with Crippen molar-refractivity contribution in [2.24, 2.45) is 0 Å². The number of nitrogens with zero attached hydrogens (tertiary/aromatic N) is 2. The molecule has 0 bridgehead atoms. The van der Waals surface area contributed by atoms with Crippen LogP contribution in [0.1, 0.15) is 20.3 Å². The third-order valence-electron chi connectivity index (χ3n) is 2.27. The average molecular weight is 295 g/mol. The second-order valence-electron chi connectivity index (χ2n) is 4.17. The topological polar surface area (TPSA) is 44.1 Å². The van der Waals surface area contributed by atoms with Gasteiger partial charge in [-0.1, -0.05) is 34.1 Å². The lowest BCUT2D eigenvalue weighted by molar-refractivity contribution is -0.119. The smallest absolute Gasteiger partial charge is 0.243 e. The van der Waals surface area contributed by atoms with Gasteiger partial charge in [-0.05, 0) is 26.0 Å². The summed E-state index contributed by atoms with van der Waals surface area (Å²) in [5.41, 5.74) is 0.820. The molecule has 0 unspecified atom stereocenters. The maximum atomic E-state index is 12.2. The molecule has 0 fully saturated rings. The number of anilines is 1. The van der Waals surface area contributed by atoms with Crippen LogP contribution in [0.25, 0.3) is 0 Å². The quantitative estimate of drug-likeness (QED) is 0.801. The molecule has 0 saturated heterocycles. The molecule has 1 amide bonds. The maximum absolute atomic E-state index is 12.2. The second kappa shape index (κ2) is 5.83. The van der Waals surface area contributed by atoms with E-state index in [1.54, 1.807) is 18.7 Å². The Balaban J connectivity index is 2.97. The maximum Gasteiger partial charge on any atom is 0.243 e. The Kier molecular flexibility index (Phi) is 4.71. The van der Waals surface area contributed by atoms with Crippen LogP contribution in [0.5, 0.6) is 0 Å². The summed E-state index contributed by atoms with van der Waals surface area (Å²) in [5.74, 6) is -0.0426. The minimum atomic E-state index is -0.627. The third-order valence-corrected chi connectivity index (χ3v) is 2.61. The number of hydrogen-bond donors (Lipinski definition) is 0. The Hall–Kier alpha value is -1.34. The first-order valence-electron chi connectivity index (χ1n) is 5.39. The minimum absolute atomic E-state index is 0.0426. The van der Waals surface area contributed by atoms with E-state index in [9.17, 15) is 4.79 Å². The molecule has 0 aliphatic rings. The Labute approximate surface area is 110 Å². The first-order chi connectivity index (χ1) is 7.96. The average Bonchev–Trinajstić information content (AvgIpc) is 2.29. The lowest BCUT2D eigenvalue weighted by Gasteiger charge is -2.27. The highest BCUT2D eigenvalue weighted by Gasteiger charge is 2.29. The van der Waals surface area contributed by atoms with Gasteiger partial charge >= 0.3 is 0 Å². The molecule has 4 heteroatoms. The summed E-state index contributed by atoms with van der Waals surface area (Å²) in [4.78, 5) is 13.9. The van der Waals surface area contributed by atoms with E-state index in [2.05, 4.69) is 22.0 Å². The number of amides is 1. The van der Waals surface area contributed by atoms with Gasteiger partial charge in [-0.2, -0.15) is 5.26 Å². The van der Waals surface area contributed by atoms with Gasteiger partial charge in [0, 0.05) is 12.2 Å². The molecular formula is C13H15BrN2O. The van der Waals surface area contributed by atoms with Crippen LogP contribution < -0.4 is 4.90 Å². The number of rotatable bonds is 4. The first-order valence-corrected chi connectivity index (χ1v) is 6.19. The van der Waals surface area contributed by atoms with E-state index >= 15 is 0 Å². The molecule has 0 spiro atoms. The zero-order valence-corrected chi connectivity index (χ0v) is 11.6. The molecule has 0 aliphatic heterocycles. The minimum Gasteiger partial charge on any atom is -0.310 e. The fourth-order valence-electron chi connectivity index (χ4n) is 1.44. The van der Waals surface area contributed by atoms with Crippen LogP contribution >= 0.6 is 15.9 Å². The molecule has 1 rings (SSSR count). The first kappa shape index (κ1) is 13.7. The summed E-state index contributed by atoms with van der Waals surface area (Å²) < 4.78 is -0.627. The fraction of sp³-hybridized carbons (Fsp3) is 0.385. The van der Waals surface area contributed by atoms with E-state index < -0.39 is 4.32 Å². The summed E-state index contributed by atoms with van der Waals surface area (Å²) >= 11 is 3.36. The van der Waals surface area contributed by atoms with Gasteiger partial charge in [0.25, 0.3) is 0 Å². The lowest BCUT2D eigenvalue weighted by atomic mass is 10.1. The Bertz CT molecular complexity index is 417. The van der Waals surface area contributed by atoms with Crippen molar-refractivity contribution in [3.8, 4) is 6.07 Å². The number of alkyl halides is 1. The van der Waals surface area contributed by atoms with Crippen molar-refractivity contribution in [1.82, 2.24) is 0 Å². The summed E-state index contributed by atoms with van der Waals surface area (Å²) in [6.07, 6.45) is 0.323. The van der Waals surface area contributed by atoms with Crippen molar-refractivity contribution in [2.75, 3.05) is 11.4 Å². The van der Waals surface area contributed by atoms with Crippen LogP contribution in [0, 0.1) is 11.3 Å². The van der Waals surface area contributed by atoms with Crippen LogP contribution in [-0.4, -0.2) is 16.8 Å². The number of hydrogen-bond acceptors (Lipinski definition) is 2. The van der Waals surface area contributed by atoms with Gasteiger partial charge in [-0.3, -0.25) is 4.79 Å².